The summed E-state index contributed by atoms with van der Waals surface area (Å²) >= 11 is 3.49. The van der Waals surface area contributed by atoms with Gasteiger partial charge in [-0.1, -0.05) is 15.9 Å². The second-order valence-electron chi connectivity index (χ2n) is 5.22. The lowest BCUT2D eigenvalue weighted by atomic mass is 9.83. The van der Waals surface area contributed by atoms with E-state index in [1.165, 1.54) is 0 Å². The first-order valence-corrected chi connectivity index (χ1v) is 7.46. The van der Waals surface area contributed by atoms with Crippen LogP contribution < -0.4 is 4.74 Å². The van der Waals surface area contributed by atoms with Crippen molar-refractivity contribution in [2.24, 2.45) is 5.92 Å². The minimum Gasteiger partial charge on any atom is -0.496 e. The first-order chi connectivity index (χ1) is 9.19. The molecule has 3 aliphatic heterocycles. The van der Waals surface area contributed by atoms with Gasteiger partial charge in [0, 0.05) is 28.8 Å². The average Bonchev–Trinajstić information content (AvgIpc) is 2.43. The molecular formula is C15H18BrNO2. The molecule has 1 atom stereocenters. The fourth-order valence-corrected chi connectivity index (χ4v) is 3.43. The molecule has 0 aromatic heterocycles. The molecular weight excluding hydrogens is 306 g/mol. The molecule has 3 heterocycles. The van der Waals surface area contributed by atoms with E-state index >= 15 is 0 Å². The lowest BCUT2D eigenvalue weighted by molar-refractivity contribution is 0.0215. The van der Waals surface area contributed by atoms with Crippen molar-refractivity contribution >= 4 is 22.0 Å². The number of halogens is 1. The molecule has 3 fully saturated rings. The number of benzene rings is 1. The molecule has 4 rings (SSSR count). The predicted octanol–water partition coefficient (Wildman–Crippen LogP) is 2.89. The normalized spacial score (nSPS) is 27.9. The Morgan fingerprint density at radius 3 is 2.74 bits per heavy atom. The van der Waals surface area contributed by atoms with E-state index in [0.717, 1.165) is 47.4 Å². The van der Waals surface area contributed by atoms with Crippen LogP contribution >= 0.6 is 15.9 Å². The number of methoxy groups -OCH3 is 1. The third kappa shape index (κ3) is 2.39. The van der Waals surface area contributed by atoms with Crippen LogP contribution in [0.5, 0.6) is 5.75 Å². The van der Waals surface area contributed by atoms with Gasteiger partial charge in [-0.15, -0.1) is 0 Å². The smallest absolute Gasteiger partial charge is 0.126 e. The van der Waals surface area contributed by atoms with Gasteiger partial charge in [0.1, 0.15) is 5.75 Å². The Morgan fingerprint density at radius 1 is 1.37 bits per heavy atom. The Kier molecular flexibility index (Phi) is 3.54. The van der Waals surface area contributed by atoms with E-state index in [4.69, 9.17) is 4.74 Å². The Balaban J connectivity index is 1.99. The van der Waals surface area contributed by atoms with Gasteiger partial charge in [-0.3, -0.25) is 0 Å². The van der Waals surface area contributed by atoms with Gasteiger partial charge in [0.2, 0.25) is 0 Å². The van der Waals surface area contributed by atoms with Crippen molar-refractivity contribution in [3.8, 4) is 5.75 Å². The Bertz CT molecular complexity index is 503. The highest BCUT2D eigenvalue weighted by molar-refractivity contribution is 9.10. The summed E-state index contributed by atoms with van der Waals surface area (Å²) in [6, 6.07) is 5.94. The van der Waals surface area contributed by atoms with Gasteiger partial charge in [-0.25, -0.2) is 0 Å². The van der Waals surface area contributed by atoms with Crippen LogP contribution in [0.1, 0.15) is 18.4 Å². The van der Waals surface area contributed by atoms with E-state index in [2.05, 4.69) is 26.9 Å². The maximum absolute atomic E-state index is 10.4. The van der Waals surface area contributed by atoms with E-state index < -0.39 is 0 Å². The van der Waals surface area contributed by atoms with Crippen LogP contribution in [-0.2, 0) is 0 Å². The molecule has 0 radical (unpaired) electrons. The number of hydrogen-bond donors (Lipinski definition) is 1. The number of rotatable bonds is 2. The zero-order valence-electron chi connectivity index (χ0n) is 11.0. The van der Waals surface area contributed by atoms with E-state index in [1.807, 2.05) is 18.2 Å². The number of aliphatic hydroxyl groups is 1. The zero-order chi connectivity index (χ0) is 13.4. The van der Waals surface area contributed by atoms with Crippen molar-refractivity contribution in [1.29, 1.82) is 0 Å². The van der Waals surface area contributed by atoms with Gasteiger partial charge in [-0.2, -0.15) is 0 Å². The van der Waals surface area contributed by atoms with Crippen molar-refractivity contribution in [3.05, 3.63) is 33.9 Å². The highest BCUT2D eigenvalue weighted by Crippen LogP contribution is 2.37. The summed E-state index contributed by atoms with van der Waals surface area (Å²) in [4.78, 5) is 2.30. The van der Waals surface area contributed by atoms with Gasteiger partial charge in [0.05, 0.1) is 13.2 Å². The van der Waals surface area contributed by atoms with Crippen LogP contribution in [0.25, 0.3) is 6.08 Å². The van der Waals surface area contributed by atoms with E-state index in [1.54, 1.807) is 7.11 Å². The van der Waals surface area contributed by atoms with Crippen molar-refractivity contribution in [2.45, 2.75) is 18.9 Å². The van der Waals surface area contributed by atoms with Crippen molar-refractivity contribution in [1.82, 2.24) is 4.90 Å². The standard InChI is InChI=1S/C15H18BrNO2/c1-19-14-3-2-12(16)8-11(14)9-13-15(18)10-4-6-17(13)7-5-10/h2-3,8-10,15,18H,4-7H2,1H3. The van der Waals surface area contributed by atoms with E-state index in [0.29, 0.717) is 5.92 Å². The molecule has 3 nitrogen and oxygen atoms in total. The maximum atomic E-state index is 10.4. The molecule has 2 bridgehead atoms. The third-order valence-electron chi connectivity index (χ3n) is 4.15. The lowest BCUT2D eigenvalue weighted by Crippen LogP contribution is -2.48. The molecule has 102 valence electrons. The average molecular weight is 324 g/mol. The zero-order valence-corrected chi connectivity index (χ0v) is 12.6. The van der Waals surface area contributed by atoms with Crippen LogP contribution in [0.15, 0.2) is 28.4 Å². The fraction of sp³-hybridized carbons (Fsp3) is 0.467. The van der Waals surface area contributed by atoms with Gasteiger partial charge in [0.25, 0.3) is 0 Å². The van der Waals surface area contributed by atoms with Crippen LogP contribution in [0, 0.1) is 5.92 Å². The fourth-order valence-electron chi connectivity index (χ4n) is 3.06. The number of aliphatic hydroxyl groups excluding tert-OH is 1. The number of hydrogen-bond acceptors (Lipinski definition) is 3. The van der Waals surface area contributed by atoms with Crippen molar-refractivity contribution in [2.75, 3.05) is 20.2 Å². The largest absolute Gasteiger partial charge is 0.496 e. The van der Waals surface area contributed by atoms with Gasteiger partial charge < -0.3 is 14.7 Å². The number of fused-ring (bicyclic) bond motifs is 3. The first-order valence-electron chi connectivity index (χ1n) is 6.67. The molecule has 1 unspecified atom stereocenters. The monoisotopic (exact) mass is 323 g/mol. The summed E-state index contributed by atoms with van der Waals surface area (Å²) < 4.78 is 6.41. The van der Waals surface area contributed by atoms with Crippen molar-refractivity contribution < 1.29 is 9.84 Å². The van der Waals surface area contributed by atoms with Crippen LogP contribution in [-0.4, -0.2) is 36.3 Å². The van der Waals surface area contributed by atoms with Crippen molar-refractivity contribution in [3.63, 3.8) is 0 Å². The van der Waals surface area contributed by atoms with Crippen LogP contribution in [0.2, 0.25) is 0 Å². The molecule has 0 saturated carbocycles. The molecule has 3 aliphatic rings. The summed E-state index contributed by atoms with van der Waals surface area (Å²) in [5.41, 5.74) is 2.05. The molecule has 1 aromatic carbocycles. The number of nitrogens with zero attached hydrogens (tertiary/aromatic N) is 1. The Hall–Kier alpha value is -1.00. The molecule has 0 amide bonds. The summed E-state index contributed by atoms with van der Waals surface area (Å²) in [5.74, 6) is 1.26. The molecule has 4 heteroatoms. The molecule has 1 N–H and O–H groups in total. The second-order valence-corrected chi connectivity index (χ2v) is 6.14. The minimum atomic E-state index is -0.328. The first kappa shape index (κ1) is 13.0. The number of ether oxygens (including phenoxy) is 1. The molecule has 1 aromatic rings. The highest BCUT2D eigenvalue weighted by Gasteiger charge is 2.36. The highest BCUT2D eigenvalue weighted by atomic mass is 79.9. The quantitative estimate of drug-likeness (QED) is 0.908. The molecule has 19 heavy (non-hydrogen) atoms. The maximum Gasteiger partial charge on any atom is 0.126 e. The molecule has 0 spiro atoms. The van der Waals surface area contributed by atoms with Crippen LogP contribution in [0.3, 0.4) is 0 Å². The van der Waals surface area contributed by atoms with Gasteiger partial charge >= 0.3 is 0 Å². The SMILES string of the molecule is COc1ccc(Br)cc1C=C1C(O)C2CCN1CC2. The number of piperidine rings is 3. The van der Waals surface area contributed by atoms with Gasteiger partial charge in [-0.05, 0) is 43.0 Å². The lowest BCUT2D eigenvalue weighted by Gasteiger charge is -2.46. The topological polar surface area (TPSA) is 32.7 Å². The van der Waals surface area contributed by atoms with E-state index in [9.17, 15) is 5.11 Å². The summed E-state index contributed by atoms with van der Waals surface area (Å²) in [6.45, 7) is 2.12. The summed E-state index contributed by atoms with van der Waals surface area (Å²) in [5, 5.41) is 10.4. The summed E-state index contributed by atoms with van der Waals surface area (Å²) in [6.07, 6.45) is 3.95. The third-order valence-corrected chi connectivity index (χ3v) is 4.64. The summed E-state index contributed by atoms with van der Waals surface area (Å²) in [7, 11) is 1.68. The Morgan fingerprint density at radius 2 is 2.11 bits per heavy atom. The second kappa shape index (κ2) is 5.17. The predicted molar refractivity (Wildman–Crippen MR) is 79.0 cm³/mol. The van der Waals surface area contributed by atoms with Gasteiger partial charge in [0.15, 0.2) is 0 Å². The molecule has 0 aliphatic carbocycles. The van der Waals surface area contributed by atoms with Crippen LogP contribution in [0.4, 0.5) is 0 Å². The minimum absolute atomic E-state index is 0.328. The molecule has 3 saturated heterocycles. The Labute approximate surface area is 122 Å². The van der Waals surface area contributed by atoms with E-state index in [-0.39, 0.29) is 6.10 Å².